The van der Waals surface area contributed by atoms with Crippen molar-refractivity contribution >= 4 is 23.5 Å². The third kappa shape index (κ3) is 6.61. The minimum atomic E-state index is -0.704. The fourth-order valence-electron chi connectivity index (χ4n) is 4.20. The van der Waals surface area contributed by atoms with Gasteiger partial charge in [-0.1, -0.05) is 30.3 Å². The number of hydrogen-bond donors (Lipinski definition) is 1. The zero-order valence-corrected chi connectivity index (χ0v) is 19.1. The van der Waals surface area contributed by atoms with Crippen LogP contribution in [0.25, 0.3) is 0 Å². The molecular formula is C25H30FN2O5+. The largest absolute Gasteiger partial charge is 0.462 e. The lowest BCUT2D eigenvalue weighted by molar-refractivity contribution is -0.902. The molecular weight excluding hydrogens is 427 g/mol. The van der Waals surface area contributed by atoms with Crippen LogP contribution in [0.2, 0.25) is 0 Å². The number of ether oxygens (including phenoxy) is 2. The van der Waals surface area contributed by atoms with E-state index in [1.807, 2.05) is 30.3 Å². The Balaban J connectivity index is 1.68. The third-order valence-corrected chi connectivity index (χ3v) is 5.76. The molecule has 0 radical (unpaired) electrons. The van der Waals surface area contributed by atoms with Gasteiger partial charge in [0.2, 0.25) is 0 Å². The van der Waals surface area contributed by atoms with E-state index in [0.29, 0.717) is 18.7 Å². The highest BCUT2D eigenvalue weighted by Gasteiger charge is 2.37. The summed E-state index contributed by atoms with van der Waals surface area (Å²) in [4.78, 5) is 37.8. The highest BCUT2D eigenvalue weighted by Crippen LogP contribution is 2.25. The zero-order valence-electron chi connectivity index (χ0n) is 19.1. The number of quaternary nitrogens is 1. The number of likely N-dealkylation sites (tertiary alicyclic amines) is 1. The van der Waals surface area contributed by atoms with Crippen molar-refractivity contribution in [2.75, 3.05) is 38.1 Å². The minimum Gasteiger partial charge on any atom is -0.462 e. The Labute approximate surface area is 193 Å². The van der Waals surface area contributed by atoms with Gasteiger partial charge in [-0.05, 0) is 37.1 Å². The summed E-state index contributed by atoms with van der Waals surface area (Å²) in [5.41, 5.74) is 1.51. The molecule has 3 rings (SSSR count). The monoisotopic (exact) mass is 457 g/mol. The van der Waals surface area contributed by atoms with Crippen LogP contribution in [-0.2, 0) is 25.7 Å². The van der Waals surface area contributed by atoms with Crippen LogP contribution in [0.3, 0.4) is 0 Å². The maximum absolute atomic E-state index is 13.9. The summed E-state index contributed by atoms with van der Waals surface area (Å²) < 4.78 is 24.6. The molecule has 7 nitrogen and oxygen atoms in total. The average molecular weight is 458 g/mol. The van der Waals surface area contributed by atoms with Crippen molar-refractivity contribution in [3.8, 4) is 0 Å². The van der Waals surface area contributed by atoms with E-state index in [2.05, 4.69) is 5.32 Å². The van der Waals surface area contributed by atoms with Crippen LogP contribution in [-0.4, -0.2) is 55.1 Å². The van der Waals surface area contributed by atoms with Crippen molar-refractivity contribution in [1.82, 2.24) is 0 Å². The van der Waals surface area contributed by atoms with E-state index in [1.165, 1.54) is 6.07 Å². The fraction of sp³-hybridized carbons (Fsp3) is 0.400. The number of halogens is 1. The van der Waals surface area contributed by atoms with Crippen LogP contribution in [0.1, 0.15) is 41.3 Å². The van der Waals surface area contributed by atoms with Crippen molar-refractivity contribution in [3.63, 3.8) is 0 Å². The number of esters is 2. The van der Waals surface area contributed by atoms with Crippen LogP contribution in [0, 0.1) is 12.7 Å². The maximum Gasteiger partial charge on any atom is 0.362 e. The van der Waals surface area contributed by atoms with Gasteiger partial charge in [0, 0.05) is 12.8 Å². The summed E-state index contributed by atoms with van der Waals surface area (Å²) in [7, 11) is 0. The Morgan fingerprint density at radius 1 is 1.03 bits per heavy atom. The number of carbonyl (C=O) groups excluding carboxylic acids is 3. The number of benzene rings is 2. The summed E-state index contributed by atoms with van der Waals surface area (Å²) in [5, 5.41) is 2.75. The first kappa shape index (κ1) is 24.4. The van der Waals surface area contributed by atoms with E-state index in [4.69, 9.17) is 9.47 Å². The molecule has 8 heteroatoms. The first-order valence-electron chi connectivity index (χ1n) is 11.1. The highest BCUT2D eigenvalue weighted by molar-refractivity contribution is 6.02. The van der Waals surface area contributed by atoms with E-state index in [1.54, 1.807) is 13.8 Å². The molecule has 33 heavy (non-hydrogen) atoms. The Morgan fingerprint density at radius 3 is 2.39 bits per heavy atom. The van der Waals surface area contributed by atoms with E-state index < -0.39 is 11.8 Å². The summed E-state index contributed by atoms with van der Waals surface area (Å²) >= 11 is 0. The Kier molecular flexibility index (Phi) is 8.16. The number of amides is 1. The molecule has 1 aliphatic heterocycles. The Hall–Kier alpha value is -3.26. The highest BCUT2D eigenvalue weighted by atomic mass is 19.1. The summed E-state index contributed by atoms with van der Waals surface area (Å²) in [6.07, 6.45) is 1.81. The maximum atomic E-state index is 13.9. The summed E-state index contributed by atoms with van der Waals surface area (Å²) in [5.74, 6) is -2.01. The molecule has 0 spiro atoms. The molecule has 1 aliphatic rings. The number of anilines is 1. The lowest BCUT2D eigenvalue weighted by Gasteiger charge is -2.32. The van der Waals surface area contributed by atoms with Crippen LogP contribution < -0.4 is 5.32 Å². The molecule has 1 saturated heterocycles. The first-order valence-corrected chi connectivity index (χ1v) is 11.1. The molecule has 0 unspecified atom stereocenters. The van der Waals surface area contributed by atoms with Gasteiger partial charge in [-0.25, -0.2) is 14.0 Å². The molecule has 0 atom stereocenters. The number of hydrogen-bond acceptors (Lipinski definition) is 5. The lowest BCUT2D eigenvalue weighted by Crippen LogP contribution is -2.53. The number of nitrogens with zero attached hydrogens (tertiary/aromatic N) is 1. The van der Waals surface area contributed by atoms with Crippen LogP contribution in [0.5, 0.6) is 0 Å². The second-order valence-electron chi connectivity index (χ2n) is 8.37. The molecule has 176 valence electrons. The SMILES string of the molecule is CCOC(=O)c1cc(F)cc(C)c1NC(=O)C[N+]1(CC(=O)OCc2ccccc2)CCCC1. The molecule has 2 aromatic rings. The molecule has 2 aromatic carbocycles. The van der Waals surface area contributed by atoms with Gasteiger partial charge in [-0.15, -0.1) is 0 Å². The fourth-order valence-corrected chi connectivity index (χ4v) is 4.20. The van der Waals surface area contributed by atoms with Crippen molar-refractivity contribution in [2.24, 2.45) is 0 Å². The average Bonchev–Trinajstić information content (AvgIpc) is 3.22. The van der Waals surface area contributed by atoms with Crippen molar-refractivity contribution < 1.29 is 32.7 Å². The quantitative estimate of drug-likeness (QED) is 0.460. The number of carbonyl (C=O) groups is 3. The van der Waals surface area contributed by atoms with Gasteiger partial charge >= 0.3 is 11.9 Å². The van der Waals surface area contributed by atoms with Gasteiger partial charge in [0.25, 0.3) is 5.91 Å². The second kappa shape index (κ2) is 11.0. The van der Waals surface area contributed by atoms with E-state index in [9.17, 15) is 18.8 Å². The summed E-state index contributed by atoms with van der Waals surface area (Å²) in [6.45, 7) is 5.09. The standard InChI is InChI=1S/C25H29FN2O5/c1-3-32-25(31)21-14-20(26)13-18(2)24(21)27-22(29)15-28(11-7-8-12-28)16-23(30)33-17-19-9-5-4-6-10-19/h4-6,9-10,13-14H,3,7-8,11-12,15-17H2,1-2H3/p+1. The lowest BCUT2D eigenvalue weighted by atomic mass is 10.1. The van der Waals surface area contributed by atoms with Gasteiger partial charge in [-0.2, -0.15) is 0 Å². The molecule has 1 N–H and O–H groups in total. The minimum absolute atomic E-state index is 0.0297. The predicted octanol–water partition coefficient (Wildman–Crippen LogP) is 3.60. The number of nitrogens with one attached hydrogen (secondary N) is 1. The molecule has 0 aliphatic carbocycles. The van der Waals surface area contributed by atoms with E-state index in [-0.39, 0.29) is 53.9 Å². The molecule has 0 aromatic heterocycles. The number of aryl methyl sites for hydroxylation is 1. The topological polar surface area (TPSA) is 81.7 Å². The normalized spacial score (nSPS) is 14.5. The van der Waals surface area contributed by atoms with E-state index in [0.717, 1.165) is 24.5 Å². The van der Waals surface area contributed by atoms with Gasteiger partial charge in [0.1, 0.15) is 12.4 Å². The van der Waals surface area contributed by atoms with Crippen molar-refractivity contribution in [3.05, 3.63) is 65.0 Å². The van der Waals surface area contributed by atoms with Gasteiger partial charge in [0.05, 0.1) is 30.9 Å². The van der Waals surface area contributed by atoms with Gasteiger partial charge in [0.15, 0.2) is 13.1 Å². The van der Waals surface area contributed by atoms with Crippen LogP contribution in [0.15, 0.2) is 42.5 Å². The van der Waals surface area contributed by atoms with Crippen LogP contribution in [0.4, 0.5) is 10.1 Å². The Bertz CT molecular complexity index is 1000. The first-order chi connectivity index (χ1) is 15.8. The van der Waals surface area contributed by atoms with Gasteiger partial charge in [-0.3, -0.25) is 4.79 Å². The van der Waals surface area contributed by atoms with E-state index >= 15 is 0 Å². The molecule has 0 saturated carbocycles. The second-order valence-corrected chi connectivity index (χ2v) is 8.37. The Morgan fingerprint density at radius 2 is 1.73 bits per heavy atom. The predicted molar refractivity (Wildman–Crippen MR) is 121 cm³/mol. The smallest absolute Gasteiger partial charge is 0.362 e. The van der Waals surface area contributed by atoms with Crippen molar-refractivity contribution in [2.45, 2.75) is 33.3 Å². The number of rotatable bonds is 9. The third-order valence-electron chi connectivity index (χ3n) is 5.76. The van der Waals surface area contributed by atoms with Crippen molar-refractivity contribution in [1.29, 1.82) is 0 Å². The van der Waals surface area contributed by atoms with Gasteiger partial charge < -0.3 is 19.3 Å². The summed E-state index contributed by atoms with van der Waals surface area (Å²) in [6, 6.07) is 11.7. The zero-order chi connectivity index (χ0) is 23.8. The molecule has 1 fully saturated rings. The molecule has 1 heterocycles. The molecule has 1 amide bonds. The molecule has 0 bridgehead atoms. The van der Waals surface area contributed by atoms with Crippen LogP contribution >= 0.6 is 0 Å².